The van der Waals surface area contributed by atoms with Gasteiger partial charge in [-0.15, -0.1) is 0 Å². The zero-order valence-electron chi connectivity index (χ0n) is 14.9. The summed E-state index contributed by atoms with van der Waals surface area (Å²) >= 11 is 0. The molecule has 0 atom stereocenters. The van der Waals surface area contributed by atoms with Crippen molar-refractivity contribution in [2.75, 3.05) is 19.6 Å². The fraction of sp³-hybridized carbons (Fsp3) is 0.647. The molecule has 2 amide bonds. The van der Waals surface area contributed by atoms with Crippen LogP contribution in [0, 0.1) is 5.41 Å². The van der Waals surface area contributed by atoms with E-state index in [9.17, 15) is 22.8 Å². The van der Waals surface area contributed by atoms with E-state index in [0.717, 1.165) is 0 Å². The summed E-state index contributed by atoms with van der Waals surface area (Å²) in [6, 6.07) is 0.602. The van der Waals surface area contributed by atoms with Gasteiger partial charge >= 0.3 is 6.18 Å². The van der Waals surface area contributed by atoms with Gasteiger partial charge in [-0.2, -0.15) is 13.2 Å². The summed E-state index contributed by atoms with van der Waals surface area (Å²) in [6.07, 6.45) is -1.88. The molecule has 4 fully saturated rings. The van der Waals surface area contributed by atoms with E-state index in [1.807, 2.05) is 0 Å². The van der Waals surface area contributed by atoms with E-state index >= 15 is 0 Å². The van der Waals surface area contributed by atoms with Crippen LogP contribution in [-0.2, 0) is 15.7 Å². The number of halogens is 3. The highest BCUT2D eigenvalue weighted by Gasteiger charge is 2.77. The molecule has 1 spiro atoms. The Labute approximate surface area is 158 Å². The first-order valence-electron chi connectivity index (χ1n) is 9.00. The molecule has 1 aliphatic carbocycles. The molecule has 1 aromatic rings. The Hall–Kier alpha value is -2.27. The van der Waals surface area contributed by atoms with Crippen molar-refractivity contribution in [3.8, 4) is 0 Å². The Bertz CT molecular complexity index is 817. The van der Waals surface area contributed by atoms with Crippen molar-refractivity contribution < 1.29 is 27.5 Å². The lowest BCUT2D eigenvalue weighted by molar-refractivity contribution is -0.141. The Morgan fingerprint density at radius 1 is 1.25 bits per heavy atom. The Balaban J connectivity index is 1.46. The molecule has 11 heteroatoms. The van der Waals surface area contributed by atoms with Gasteiger partial charge in [0.25, 0.3) is 5.91 Å². The van der Waals surface area contributed by atoms with Gasteiger partial charge in [-0.25, -0.2) is 9.97 Å². The predicted molar refractivity (Wildman–Crippen MR) is 88.9 cm³/mol. The minimum absolute atomic E-state index is 0.0708. The molecule has 152 valence electrons. The van der Waals surface area contributed by atoms with Gasteiger partial charge in [0.1, 0.15) is 17.7 Å². The van der Waals surface area contributed by atoms with Crippen LogP contribution in [0.25, 0.3) is 0 Å². The Kier molecular flexibility index (Phi) is 4.16. The maximum Gasteiger partial charge on any atom is 0.433 e. The molecule has 5 rings (SSSR count). The number of ether oxygens (including phenoxy) is 1. The van der Waals surface area contributed by atoms with Gasteiger partial charge < -0.3 is 21.1 Å². The molecule has 1 aromatic heterocycles. The van der Waals surface area contributed by atoms with Gasteiger partial charge in [0.2, 0.25) is 5.91 Å². The maximum atomic E-state index is 12.8. The smallest absolute Gasteiger partial charge is 0.369 e. The predicted octanol–water partition coefficient (Wildman–Crippen LogP) is 0.382. The monoisotopic (exact) mass is 399 g/mol. The van der Waals surface area contributed by atoms with E-state index in [4.69, 9.17) is 10.5 Å². The van der Waals surface area contributed by atoms with E-state index in [0.29, 0.717) is 51.2 Å². The molecule has 4 heterocycles. The SMILES string of the molecule is NC(=O)C12CC(CNC(=O)c3cc(C(F)(F)F)ncn3)(C1)OC21CCNCC1. The quantitative estimate of drug-likeness (QED) is 0.674. The highest BCUT2D eigenvalue weighted by atomic mass is 19.4. The number of primary amides is 1. The molecular weight excluding hydrogens is 379 g/mol. The van der Waals surface area contributed by atoms with Crippen LogP contribution in [0.4, 0.5) is 13.2 Å². The van der Waals surface area contributed by atoms with Crippen LogP contribution in [0.1, 0.15) is 41.9 Å². The molecule has 3 aliphatic heterocycles. The van der Waals surface area contributed by atoms with Crippen molar-refractivity contribution >= 4 is 11.8 Å². The molecule has 4 N–H and O–H groups in total. The lowest BCUT2D eigenvalue weighted by atomic mass is 9.53. The van der Waals surface area contributed by atoms with Gasteiger partial charge in [0, 0.05) is 12.6 Å². The molecular formula is C17H20F3N5O3. The number of aromatic nitrogens is 2. The molecule has 4 aliphatic rings. The third-order valence-corrected chi connectivity index (χ3v) is 6.18. The lowest BCUT2D eigenvalue weighted by Gasteiger charge is -2.47. The number of hydrogen-bond acceptors (Lipinski definition) is 6. The number of amides is 2. The number of rotatable bonds is 4. The van der Waals surface area contributed by atoms with E-state index in [1.165, 1.54) is 0 Å². The number of hydrogen-bond donors (Lipinski definition) is 3. The van der Waals surface area contributed by atoms with Crippen LogP contribution in [0.15, 0.2) is 12.4 Å². The zero-order valence-corrected chi connectivity index (χ0v) is 14.9. The van der Waals surface area contributed by atoms with Crippen molar-refractivity contribution in [1.29, 1.82) is 0 Å². The van der Waals surface area contributed by atoms with Gasteiger partial charge in [0.05, 0.1) is 16.6 Å². The Morgan fingerprint density at radius 3 is 2.54 bits per heavy atom. The standard InChI is InChI=1S/C17H20F3N5O3/c18-17(19,20)11-5-10(24-9-25-11)12(26)23-8-14-6-15(7-14,13(21)27)16(28-14)1-3-22-4-2-16/h5,9,22H,1-4,6-8H2,(H2,21,27)(H,23,26). The molecule has 1 saturated carbocycles. The third kappa shape index (κ3) is 2.75. The van der Waals surface area contributed by atoms with Gasteiger partial charge in [-0.3, -0.25) is 9.59 Å². The Morgan fingerprint density at radius 2 is 1.93 bits per heavy atom. The maximum absolute atomic E-state index is 12.8. The summed E-state index contributed by atoms with van der Waals surface area (Å²) in [6.45, 7) is 1.48. The van der Waals surface area contributed by atoms with Crippen LogP contribution in [0.5, 0.6) is 0 Å². The molecule has 0 unspecified atom stereocenters. The fourth-order valence-corrected chi connectivity index (χ4v) is 4.89. The number of carbonyl (C=O) groups is 2. The summed E-state index contributed by atoms with van der Waals surface area (Å²) in [5, 5.41) is 5.81. The molecule has 0 aromatic carbocycles. The van der Waals surface area contributed by atoms with Gasteiger partial charge in [-0.05, 0) is 38.8 Å². The third-order valence-electron chi connectivity index (χ3n) is 6.18. The van der Waals surface area contributed by atoms with E-state index < -0.39 is 40.3 Å². The van der Waals surface area contributed by atoms with Crippen LogP contribution in [-0.4, -0.2) is 52.6 Å². The average molecular weight is 399 g/mol. The number of alkyl halides is 3. The highest BCUT2D eigenvalue weighted by Crippen LogP contribution is 2.68. The second-order valence-corrected chi connectivity index (χ2v) is 7.80. The summed E-state index contributed by atoms with van der Waals surface area (Å²) in [4.78, 5) is 31.2. The summed E-state index contributed by atoms with van der Waals surface area (Å²) in [7, 11) is 0. The van der Waals surface area contributed by atoms with Crippen molar-refractivity contribution in [2.45, 2.75) is 43.1 Å². The highest BCUT2D eigenvalue weighted by molar-refractivity contribution is 5.92. The van der Waals surface area contributed by atoms with Gasteiger partial charge in [-0.1, -0.05) is 0 Å². The first-order valence-corrected chi connectivity index (χ1v) is 9.00. The van der Waals surface area contributed by atoms with Gasteiger partial charge in [0.15, 0.2) is 0 Å². The van der Waals surface area contributed by atoms with E-state index in [2.05, 4.69) is 20.6 Å². The van der Waals surface area contributed by atoms with Crippen molar-refractivity contribution in [3.05, 3.63) is 23.8 Å². The minimum Gasteiger partial charge on any atom is -0.369 e. The van der Waals surface area contributed by atoms with Crippen LogP contribution in [0.2, 0.25) is 0 Å². The summed E-state index contributed by atoms with van der Waals surface area (Å²) in [5.74, 6) is -1.16. The molecule has 3 saturated heterocycles. The number of nitrogens with two attached hydrogens (primary N) is 1. The number of nitrogens with zero attached hydrogens (tertiary/aromatic N) is 2. The van der Waals surface area contributed by atoms with E-state index in [1.54, 1.807) is 0 Å². The van der Waals surface area contributed by atoms with Crippen LogP contribution < -0.4 is 16.4 Å². The molecule has 0 radical (unpaired) electrons. The number of piperidine rings is 1. The summed E-state index contributed by atoms with van der Waals surface area (Å²) in [5.41, 5.74) is 1.99. The molecule has 28 heavy (non-hydrogen) atoms. The lowest BCUT2D eigenvalue weighted by Crippen LogP contribution is -2.60. The minimum atomic E-state index is -4.66. The van der Waals surface area contributed by atoms with Crippen LogP contribution >= 0.6 is 0 Å². The first-order chi connectivity index (χ1) is 13.1. The second kappa shape index (κ2) is 6.11. The van der Waals surface area contributed by atoms with Crippen molar-refractivity contribution in [3.63, 3.8) is 0 Å². The van der Waals surface area contributed by atoms with Crippen molar-refractivity contribution in [2.24, 2.45) is 11.1 Å². The second-order valence-electron chi connectivity index (χ2n) is 7.80. The van der Waals surface area contributed by atoms with Crippen molar-refractivity contribution in [1.82, 2.24) is 20.6 Å². The zero-order chi connectivity index (χ0) is 20.2. The summed E-state index contributed by atoms with van der Waals surface area (Å²) < 4.78 is 44.6. The fourth-order valence-electron chi connectivity index (χ4n) is 4.89. The number of nitrogens with one attached hydrogen (secondary N) is 2. The van der Waals surface area contributed by atoms with Crippen LogP contribution in [0.3, 0.4) is 0 Å². The molecule has 8 nitrogen and oxygen atoms in total. The number of carbonyl (C=O) groups excluding carboxylic acids is 2. The first kappa shape index (κ1) is 19.1. The average Bonchev–Trinajstić information content (AvgIpc) is 3.04. The normalized spacial score (nSPS) is 30.7. The molecule has 2 bridgehead atoms. The largest absolute Gasteiger partial charge is 0.433 e. The topological polar surface area (TPSA) is 119 Å². The van der Waals surface area contributed by atoms with E-state index in [-0.39, 0.29) is 12.2 Å².